The fraction of sp³-hybridized carbons (Fsp3) is 0.556. The smallest absolute Gasteiger partial charge is 0.372 e. The topological polar surface area (TPSA) is 253 Å². The largest absolute Gasteiger partial charge is 0.416 e. The number of likely N-dealkylation sites (tertiary alicyclic amines) is 4. The van der Waals surface area contributed by atoms with Crippen LogP contribution in [0.1, 0.15) is 144 Å². The van der Waals surface area contributed by atoms with E-state index < -0.39 is 11.7 Å². The van der Waals surface area contributed by atoms with Crippen LogP contribution < -0.4 is 29.4 Å². The predicted octanol–water partition coefficient (Wildman–Crippen LogP) is 15.5. The van der Waals surface area contributed by atoms with Gasteiger partial charge in [0, 0.05) is 211 Å². The van der Waals surface area contributed by atoms with Crippen LogP contribution in [0.2, 0.25) is 15.1 Å². The molecule has 18 rings (SSSR count). The van der Waals surface area contributed by atoms with Crippen LogP contribution in [-0.2, 0) is 51.5 Å². The molecule has 726 valence electrons. The van der Waals surface area contributed by atoms with Gasteiger partial charge in [-0.1, -0.05) is 53.0 Å². The van der Waals surface area contributed by atoms with Crippen molar-refractivity contribution >= 4 is 117 Å². The zero-order valence-corrected chi connectivity index (χ0v) is 82.4. The average Bonchev–Trinajstić information content (AvgIpc) is 1.65. The summed E-state index contributed by atoms with van der Waals surface area (Å²) in [6, 6.07) is 24.4. The highest BCUT2D eigenvalue weighted by Crippen LogP contribution is 2.46. The van der Waals surface area contributed by atoms with Crippen molar-refractivity contribution in [2.24, 2.45) is 47.3 Å². The molecule has 36 heteroatoms. The van der Waals surface area contributed by atoms with Gasteiger partial charge in [-0.05, 0) is 254 Å². The molecule has 4 unspecified atom stereocenters. The van der Waals surface area contributed by atoms with Crippen molar-refractivity contribution in [1.29, 1.82) is 0 Å². The first kappa shape index (κ1) is 99.1. The van der Waals surface area contributed by atoms with Crippen molar-refractivity contribution in [3.05, 3.63) is 176 Å². The molecule has 6 aliphatic heterocycles. The average molecular weight is 1920 g/mol. The summed E-state index contributed by atoms with van der Waals surface area (Å²) in [7, 11) is 15.1. The summed E-state index contributed by atoms with van der Waals surface area (Å²) in [5.41, 5.74) is 11.2. The molecular formula is C99H130Cl3F3N22O8. The Kier molecular flexibility index (Phi) is 31.0. The quantitative estimate of drug-likeness (QED) is 0.0774. The lowest BCUT2D eigenvalue weighted by Crippen LogP contribution is -2.36. The van der Waals surface area contributed by atoms with Gasteiger partial charge in [0.1, 0.15) is 0 Å². The number of amides is 8. The molecule has 30 nitrogen and oxygen atoms in total. The fourth-order valence-corrected chi connectivity index (χ4v) is 22.9. The first-order chi connectivity index (χ1) is 64.2. The van der Waals surface area contributed by atoms with Gasteiger partial charge in [-0.3, -0.25) is 38.8 Å². The van der Waals surface area contributed by atoms with Gasteiger partial charge in [0.25, 0.3) is 0 Å². The Balaban J connectivity index is 0.000000137. The molecule has 0 N–H and O–H groups in total. The van der Waals surface area contributed by atoms with Crippen LogP contribution in [0.4, 0.5) is 66.5 Å². The summed E-state index contributed by atoms with van der Waals surface area (Å²) in [6.45, 7) is 23.7. The Labute approximate surface area is 805 Å². The van der Waals surface area contributed by atoms with Gasteiger partial charge >= 0.3 is 30.3 Å². The Morgan fingerprint density at radius 3 is 1.01 bits per heavy atom. The van der Waals surface area contributed by atoms with Crippen LogP contribution >= 0.6 is 34.8 Å². The molecule has 10 fully saturated rings. The molecule has 4 aromatic heterocycles. The van der Waals surface area contributed by atoms with E-state index in [4.69, 9.17) is 34.8 Å². The van der Waals surface area contributed by atoms with E-state index in [9.17, 15) is 51.5 Å². The van der Waals surface area contributed by atoms with Crippen LogP contribution in [0.5, 0.6) is 0 Å². The van der Waals surface area contributed by atoms with E-state index in [1.165, 1.54) is 176 Å². The van der Waals surface area contributed by atoms with E-state index in [1.807, 2.05) is 38.8 Å². The molecule has 8 amide bonds. The number of carbonyl (C=O) groups is 8. The molecule has 6 saturated heterocycles. The zero-order chi connectivity index (χ0) is 96.4. The van der Waals surface area contributed by atoms with Crippen molar-refractivity contribution in [3.63, 3.8) is 0 Å². The fourth-order valence-electron chi connectivity index (χ4n) is 22.3. The van der Waals surface area contributed by atoms with E-state index in [0.29, 0.717) is 94.5 Å². The lowest BCUT2D eigenvalue weighted by molar-refractivity contribution is -0.138. The number of benzene rings is 4. The normalized spacial score (nSPS) is 23.2. The maximum atomic E-state index is 13.4. The molecule has 135 heavy (non-hydrogen) atoms. The van der Waals surface area contributed by atoms with Crippen molar-refractivity contribution in [3.8, 4) is 0 Å². The molecule has 12 atom stereocenters. The number of rotatable bonds is 18. The van der Waals surface area contributed by atoms with E-state index >= 15 is 0 Å². The summed E-state index contributed by atoms with van der Waals surface area (Å²) >= 11 is 18.4. The second kappa shape index (κ2) is 42.3. The molecular weight excluding hydrogens is 1790 g/mol. The number of fused-ring (bicyclic) bond motifs is 4. The van der Waals surface area contributed by atoms with Crippen molar-refractivity contribution in [2.45, 2.75) is 175 Å². The minimum Gasteiger partial charge on any atom is -0.372 e. The monoisotopic (exact) mass is 1920 g/mol. The van der Waals surface area contributed by atoms with Crippen LogP contribution in [0.15, 0.2) is 122 Å². The van der Waals surface area contributed by atoms with Crippen molar-refractivity contribution in [1.82, 2.24) is 78.3 Å². The zero-order valence-electron chi connectivity index (χ0n) is 80.1. The standard InChI is InChI=1S/2C27H38N6O2.C23H27ClF3N5O2.C22H27Cl2N5O2/c1-19-11-21(7-8-26(19)31-9-5-6-10-31)15-29(3)24-12-22-16-32(17-23(22)13-24)27(35)33-18-25(14-28-33)30(4)20(2)34;1-19-9-21(11-25(10-19)31-7-5-6-8-31)15-29(3)24-12-22-16-32(17-23(22)13-24)27(35)33-18-26(14-28-33)30(4)20(2)34;1-14(33)30(3)20-9-28-32(13-20)22(34)31-11-15-7-19(8-16(15)12-31)29(2)10-17-6-18(24)4-5-21(17)23(25,26)27;1-14(30)27(3)20-9-25-29(13-20)22(31)28-11-15-7-19(8-16(15)12-28)26(2)10-17-6-18(23)4-5-21(17)24/h7-8,11,14,18,22-24H,5-6,9-10,12-13,15-17H2,1-4H3;9-11,14,18,22-24H,5-8,12-13,15-17H2,1-4H3;4-6,9,13,15-16,19H,7-8,10-12H2,1-3H3;4-6,9,13,15-16,19H,7-8,10-12H2,1-3H3/t2*22-,23+,24?;2*15-,16+,19?. The molecule has 4 aromatic carbocycles. The maximum Gasteiger partial charge on any atom is 0.416 e. The first-order valence-electron chi connectivity index (χ1n) is 47.4. The number of hydrogen-bond acceptors (Lipinski definition) is 18. The van der Waals surface area contributed by atoms with Crippen molar-refractivity contribution in [2.75, 3.05) is 164 Å². The number of halogens is 6. The Morgan fingerprint density at radius 2 is 0.681 bits per heavy atom. The van der Waals surface area contributed by atoms with E-state index in [1.54, 1.807) is 76.3 Å². The van der Waals surface area contributed by atoms with E-state index in [0.717, 1.165) is 127 Å². The number of aromatic nitrogens is 8. The molecule has 10 heterocycles. The summed E-state index contributed by atoms with van der Waals surface area (Å²) in [5.74, 6) is 3.29. The van der Waals surface area contributed by atoms with Gasteiger partial charge in [0.05, 0.1) is 77.9 Å². The highest BCUT2D eigenvalue weighted by Gasteiger charge is 2.49. The molecule has 8 aromatic rings. The van der Waals surface area contributed by atoms with E-state index in [2.05, 4.69) is 116 Å². The highest BCUT2D eigenvalue weighted by atomic mass is 35.5. The SMILES string of the molecule is CC(=O)N(C)c1cnn(C(=O)N2C[C@H]3CC(N(C)Cc4cc(C)cc(N5CCCC5)c4)C[C@H]3C2)c1.CC(=O)N(C)c1cnn(C(=O)N2C[C@H]3CC(N(C)Cc4cc(Cl)ccc4C(F)(F)F)C[C@H]3C2)c1.CC(=O)N(C)c1cnn(C(=O)N2C[C@H]3CC(N(C)Cc4cc(Cl)ccc4Cl)C[C@H]3C2)c1.CC(=O)N(C)c1cnn(C(=O)N2C[C@H]3CC(N(C)Cc4ccc(N5CCCC5)c(C)c4)C[C@H]3C2)c1. The summed E-state index contributed by atoms with van der Waals surface area (Å²) in [6.07, 6.45) is 21.6. The number of carbonyl (C=O) groups excluding carboxylic acids is 8. The lowest BCUT2D eigenvalue weighted by atomic mass is 10.0. The van der Waals surface area contributed by atoms with Crippen LogP contribution in [-0.4, -0.2) is 285 Å². The number of alkyl halides is 3. The molecule has 0 spiro atoms. The number of hydrogen-bond donors (Lipinski definition) is 0. The predicted molar refractivity (Wildman–Crippen MR) is 519 cm³/mol. The van der Waals surface area contributed by atoms with Gasteiger partial charge in [0.2, 0.25) is 23.6 Å². The Morgan fingerprint density at radius 1 is 0.370 bits per heavy atom. The maximum absolute atomic E-state index is 13.4. The van der Waals surface area contributed by atoms with Crippen LogP contribution in [0.3, 0.4) is 0 Å². The Hall–Kier alpha value is -10.4. The first-order valence-corrected chi connectivity index (χ1v) is 48.5. The second-order valence-electron chi connectivity index (χ2n) is 39.6. The van der Waals surface area contributed by atoms with Gasteiger partial charge in [-0.25, -0.2) is 19.2 Å². The third-order valence-electron chi connectivity index (χ3n) is 30.4. The van der Waals surface area contributed by atoms with Gasteiger partial charge < -0.3 is 49.0 Å². The number of aryl methyl sites for hydroxylation is 2. The van der Waals surface area contributed by atoms with Gasteiger partial charge in [0.15, 0.2) is 0 Å². The van der Waals surface area contributed by atoms with Crippen LogP contribution in [0, 0.1) is 61.2 Å². The third-order valence-corrected chi connectivity index (χ3v) is 31.2. The third kappa shape index (κ3) is 23.2. The molecule has 0 radical (unpaired) electrons. The van der Waals surface area contributed by atoms with Gasteiger partial charge in [-0.15, -0.1) is 0 Å². The van der Waals surface area contributed by atoms with Crippen molar-refractivity contribution < 1.29 is 51.5 Å². The number of anilines is 6. The van der Waals surface area contributed by atoms with Crippen LogP contribution in [0.25, 0.3) is 0 Å². The highest BCUT2D eigenvalue weighted by molar-refractivity contribution is 6.33. The minimum atomic E-state index is -4.43. The van der Waals surface area contributed by atoms with Gasteiger partial charge in [-0.2, -0.15) is 52.3 Å². The van der Waals surface area contributed by atoms with E-state index in [-0.39, 0.29) is 82.8 Å². The summed E-state index contributed by atoms with van der Waals surface area (Å²) < 4.78 is 45.6. The molecule has 4 saturated carbocycles. The molecule has 4 aliphatic carbocycles. The Bertz CT molecular complexity index is 5560. The summed E-state index contributed by atoms with van der Waals surface area (Å²) in [4.78, 5) is 126. The molecule has 10 aliphatic rings. The minimum absolute atomic E-state index is 0.0826. The second-order valence-corrected chi connectivity index (χ2v) is 40.9. The molecule has 0 bridgehead atoms. The summed E-state index contributed by atoms with van der Waals surface area (Å²) in [5, 5.41) is 18.4. The lowest BCUT2D eigenvalue weighted by Gasteiger charge is -2.27. The number of nitrogens with zero attached hydrogens (tertiary/aromatic N) is 22.